The molecule has 24 heavy (non-hydrogen) atoms. The van der Waals surface area contributed by atoms with Gasteiger partial charge in [0.05, 0.1) is 11.0 Å². The highest BCUT2D eigenvalue weighted by molar-refractivity contribution is 7.89. The van der Waals surface area contributed by atoms with Gasteiger partial charge in [0.15, 0.2) is 16.4 Å². The van der Waals surface area contributed by atoms with E-state index in [-0.39, 0.29) is 37.8 Å². The Balaban J connectivity index is 2.50. The maximum absolute atomic E-state index is 12.8. The second kappa shape index (κ2) is 6.54. The van der Waals surface area contributed by atoms with Crippen LogP contribution in [0.4, 0.5) is 5.69 Å². The van der Waals surface area contributed by atoms with Crippen molar-refractivity contribution in [3.05, 3.63) is 22.2 Å². The molecule has 1 aliphatic rings. The van der Waals surface area contributed by atoms with Crippen LogP contribution in [0.15, 0.2) is 17.0 Å². The molecule has 0 unspecified atom stereocenters. The summed E-state index contributed by atoms with van der Waals surface area (Å²) in [7, 11) is -2.72. The van der Waals surface area contributed by atoms with Crippen molar-refractivity contribution in [2.45, 2.75) is 18.7 Å². The van der Waals surface area contributed by atoms with E-state index in [1.54, 1.807) is 0 Å². The number of fused-ring (bicyclic) bond motifs is 1. The molecule has 134 valence electrons. The molecule has 1 heterocycles. The molecule has 0 radical (unpaired) electrons. The molecule has 10 heteroatoms. The van der Waals surface area contributed by atoms with Crippen molar-refractivity contribution in [1.82, 2.24) is 4.31 Å². The van der Waals surface area contributed by atoms with Crippen molar-refractivity contribution in [1.29, 1.82) is 0 Å². The van der Waals surface area contributed by atoms with Crippen molar-refractivity contribution in [2.75, 3.05) is 33.4 Å². The van der Waals surface area contributed by atoms with Crippen molar-refractivity contribution >= 4 is 15.7 Å². The molecule has 0 aliphatic carbocycles. The SMILES string of the molecule is CN(CC(C)(C)CN)S(=O)(=O)c1cc2c(cc1[N+](=O)[O-])OCCO2. The van der Waals surface area contributed by atoms with Gasteiger partial charge in [0.25, 0.3) is 5.69 Å². The number of hydrogen-bond donors (Lipinski definition) is 1. The van der Waals surface area contributed by atoms with Gasteiger partial charge in [0.2, 0.25) is 10.0 Å². The van der Waals surface area contributed by atoms with Gasteiger partial charge in [-0.1, -0.05) is 13.8 Å². The lowest BCUT2D eigenvalue weighted by molar-refractivity contribution is -0.388. The third-order valence-corrected chi connectivity index (χ3v) is 5.54. The molecule has 0 saturated heterocycles. The Morgan fingerprint density at radius 2 is 1.83 bits per heavy atom. The fraction of sp³-hybridized carbons (Fsp3) is 0.571. The lowest BCUT2D eigenvalue weighted by Crippen LogP contribution is -2.39. The van der Waals surface area contributed by atoms with Gasteiger partial charge < -0.3 is 15.2 Å². The second-order valence-corrected chi connectivity index (χ2v) is 8.36. The summed E-state index contributed by atoms with van der Waals surface area (Å²) in [4.78, 5) is 10.2. The maximum Gasteiger partial charge on any atom is 0.293 e. The van der Waals surface area contributed by atoms with E-state index < -0.39 is 30.9 Å². The molecular weight excluding hydrogens is 338 g/mol. The van der Waals surface area contributed by atoms with E-state index in [4.69, 9.17) is 15.2 Å². The minimum Gasteiger partial charge on any atom is -0.486 e. The molecule has 1 aromatic rings. The summed E-state index contributed by atoms with van der Waals surface area (Å²) < 4.78 is 37.3. The van der Waals surface area contributed by atoms with Crippen LogP contribution in [-0.4, -0.2) is 51.0 Å². The number of nitrogens with two attached hydrogens (primary N) is 1. The largest absolute Gasteiger partial charge is 0.486 e. The molecular formula is C14H21N3O6S. The van der Waals surface area contributed by atoms with Crippen molar-refractivity contribution in [3.63, 3.8) is 0 Å². The van der Waals surface area contributed by atoms with Gasteiger partial charge in [-0.15, -0.1) is 0 Å². The molecule has 9 nitrogen and oxygen atoms in total. The topological polar surface area (TPSA) is 125 Å². The first kappa shape index (κ1) is 18.4. The number of nitrogens with zero attached hydrogens (tertiary/aromatic N) is 2. The Labute approximate surface area is 140 Å². The molecule has 0 atom stereocenters. The van der Waals surface area contributed by atoms with Gasteiger partial charge in [-0.25, -0.2) is 12.7 Å². The number of rotatable bonds is 6. The fourth-order valence-corrected chi connectivity index (χ4v) is 3.84. The smallest absolute Gasteiger partial charge is 0.293 e. The highest BCUT2D eigenvalue weighted by Crippen LogP contribution is 2.39. The quantitative estimate of drug-likeness (QED) is 0.592. The first-order valence-electron chi connectivity index (χ1n) is 7.33. The zero-order valence-corrected chi connectivity index (χ0v) is 14.6. The van der Waals surface area contributed by atoms with Crippen LogP contribution in [-0.2, 0) is 10.0 Å². The van der Waals surface area contributed by atoms with Gasteiger partial charge in [-0.05, 0) is 12.0 Å². The lowest BCUT2D eigenvalue weighted by atomic mass is 9.94. The minimum atomic E-state index is -4.09. The summed E-state index contributed by atoms with van der Waals surface area (Å²) in [6.07, 6.45) is 0. The molecule has 1 aromatic carbocycles. The summed E-state index contributed by atoms with van der Waals surface area (Å²) in [5.74, 6) is 0.341. The van der Waals surface area contributed by atoms with E-state index >= 15 is 0 Å². The Morgan fingerprint density at radius 1 is 1.29 bits per heavy atom. The highest BCUT2D eigenvalue weighted by Gasteiger charge is 2.35. The van der Waals surface area contributed by atoms with E-state index in [1.807, 2.05) is 13.8 Å². The number of benzene rings is 1. The summed E-state index contributed by atoms with van der Waals surface area (Å²) >= 11 is 0. The maximum atomic E-state index is 12.8. The standard InChI is InChI=1S/C14H21N3O6S/c1-14(2,8-15)9-16(3)24(20,21)13-7-12-11(22-4-5-23-12)6-10(13)17(18)19/h6-7H,4-5,8-9,15H2,1-3H3. The second-order valence-electron chi connectivity index (χ2n) is 6.35. The molecule has 0 amide bonds. The average Bonchev–Trinajstić information content (AvgIpc) is 2.53. The van der Waals surface area contributed by atoms with Gasteiger partial charge in [0, 0.05) is 19.7 Å². The van der Waals surface area contributed by atoms with Crippen molar-refractivity contribution < 1.29 is 22.8 Å². The number of sulfonamides is 1. The summed E-state index contributed by atoms with van der Waals surface area (Å²) in [6.45, 7) is 4.53. The summed E-state index contributed by atoms with van der Waals surface area (Å²) in [5, 5.41) is 11.3. The van der Waals surface area contributed by atoms with E-state index in [1.165, 1.54) is 7.05 Å². The number of nitro benzene ring substituents is 1. The first-order chi connectivity index (χ1) is 11.1. The molecule has 2 rings (SSSR count). The van der Waals surface area contributed by atoms with Crippen LogP contribution in [0, 0.1) is 15.5 Å². The van der Waals surface area contributed by atoms with Gasteiger partial charge in [-0.2, -0.15) is 0 Å². The fourth-order valence-electron chi connectivity index (χ4n) is 2.33. The van der Waals surface area contributed by atoms with Crippen LogP contribution in [0.5, 0.6) is 11.5 Å². The van der Waals surface area contributed by atoms with E-state index in [0.29, 0.717) is 0 Å². The molecule has 2 N–H and O–H groups in total. The van der Waals surface area contributed by atoms with Gasteiger partial charge in [0.1, 0.15) is 13.2 Å². The van der Waals surface area contributed by atoms with Crippen LogP contribution in [0.1, 0.15) is 13.8 Å². The number of hydrogen-bond acceptors (Lipinski definition) is 7. The summed E-state index contributed by atoms with van der Waals surface area (Å²) in [6, 6.07) is 2.23. The normalized spacial score (nSPS) is 14.7. The van der Waals surface area contributed by atoms with Crippen LogP contribution >= 0.6 is 0 Å². The molecule has 0 bridgehead atoms. The van der Waals surface area contributed by atoms with Crippen LogP contribution < -0.4 is 15.2 Å². The van der Waals surface area contributed by atoms with Crippen molar-refractivity contribution in [3.8, 4) is 11.5 Å². The Morgan fingerprint density at radius 3 is 2.33 bits per heavy atom. The summed E-state index contributed by atoms with van der Waals surface area (Å²) in [5.41, 5.74) is 4.63. The van der Waals surface area contributed by atoms with Crippen LogP contribution in [0.2, 0.25) is 0 Å². The zero-order chi connectivity index (χ0) is 18.1. The van der Waals surface area contributed by atoms with Crippen LogP contribution in [0.25, 0.3) is 0 Å². The minimum absolute atomic E-state index is 0.122. The predicted octanol–water partition coefficient (Wildman–Crippen LogP) is 0.971. The zero-order valence-electron chi connectivity index (χ0n) is 13.8. The van der Waals surface area contributed by atoms with Crippen molar-refractivity contribution in [2.24, 2.45) is 11.1 Å². The van der Waals surface area contributed by atoms with E-state index in [2.05, 4.69) is 0 Å². The highest BCUT2D eigenvalue weighted by atomic mass is 32.2. The van der Waals surface area contributed by atoms with E-state index in [0.717, 1.165) is 16.4 Å². The molecule has 0 fully saturated rings. The Bertz CT molecular complexity index is 747. The molecule has 1 aliphatic heterocycles. The Hall–Kier alpha value is -1.91. The third-order valence-electron chi connectivity index (χ3n) is 3.71. The van der Waals surface area contributed by atoms with E-state index in [9.17, 15) is 18.5 Å². The molecule has 0 spiro atoms. The van der Waals surface area contributed by atoms with Gasteiger partial charge >= 0.3 is 0 Å². The Kier molecular flexibility index (Phi) is 5.02. The van der Waals surface area contributed by atoms with Crippen LogP contribution in [0.3, 0.4) is 0 Å². The molecule has 0 aromatic heterocycles. The average molecular weight is 359 g/mol. The first-order valence-corrected chi connectivity index (χ1v) is 8.77. The molecule has 0 saturated carbocycles. The number of nitro groups is 1. The van der Waals surface area contributed by atoms with Gasteiger partial charge in [-0.3, -0.25) is 10.1 Å². The third kappa shape index (κ3) is 3.60. The monoisotopic (exact) mass is 359 g/mol. The number of ether oxygens (including phenoxy) is 2. The predicted molar refractivity (Wildman–Crippen MR) is 86.7 cm³/mol. The lowest BCUT2D eigenvalue weighted by Gasteiger charge is -2.28.